The number of nitrogens with zero attached hydrogens (tertiary/aromatic N) is 2. The molecule has 2 aromatic heterocycles. The van der Waals surface area contributed by atoms with E-state index in [0.717, 1.165) is 18.5 Å². The van der Waals surface area contributed by atoms with Crippen LogP contribution in [0.25, 0.3) is 5.82 Å². The molecule has 0 radical (unpaired) electrons. The lowest BCUT2D eigenvalue weighted by molar-refractivity contribution is -0.144. The highest BCUT2D eigenvalue weighted by atomic mass is 16.5. The van der Waals surface area contributed by atoms with E-state index >= 15 is 0 Å². The molecule has 0 aromatic carbocycles. The molecule has 0 bridgehead atoms. The number of aryl methyl sites for hydroxylation is 2. The summed E-state index contributed by atoms with van der Waals surface area (Å²) >= 11 is 0. The predicted molar refractivity (Wildman–Crippen MR) is 86.3 cm³/mol. The molecule has 128 valence electrons. The van der Waals surface area contributed by atoms with Crippen molar-refractivity contribution in [3.63, 3.8) is 0 Å². The number of nitrogens with one attached hydrogen (secondary N) is 1. The average molecular weight is 331 g/mol. The van der Waals surface area contributed by atoms with Crippen LogP contribution in [-0.4, -0.2) is 32.2 Å². The molecule has 0 saturated heterocycles. The fourth-order valence-electron chi connectivity index (χ4n) is 3.46. The summed E-state index contributed by atoms with van der Waals surface area (Å²) in [6, 6.07) is 3.54. The van der Waals surface area contributed by atoms with Crippen LogP contribution in [0.2, 0.25) is 0 Å². The van der Waals surface area contributed by atoms with Crippen LogP contribution >= 0.6 is 0 Å². The Balaban J connectivity index is 1.93. The lowest BCUT2D eigenvalue weighted by Gasteiger charge is -2.25. The van der Waals surface area contributed by atoms with Crippen molar-refractivity contribution in [2.45, 2.75) is 52.0 Å². The second kappa shape index (κ2) is 5.81. The highest BCUT2D eigenvalue weighted by molar-refractivity contribution is 5.99. The largest absolute Gasteiger partial charge is 0.480 e. The highest BCUT2D eigenvalue weighted by Gasteiger charge is 2.43. The minimum atomic E-state index is -1.15. The van der Waals surface area contributed by atoms with Gasteiger partial charge in [-0.1, -0.05) is 18.0 Å². The second-order valence-electron chi connectivity index (χ2n) is 6.46. The van der Waals surface area contributed by atoms with Crippen molar-refractivity contribution in [3.8, 4) is 5.82 Å². The van der Waals surface area contributed by atoms with Crippen LogP contribution in [0.1, 0.15) is 53.2 Å². The third-order valence-corrected chi connectivity index (χ3v) is 4.74. The molecule has 7 nitrogen and oxygen atoms in total. The number of hydrogen-bond donors (Lipinski definition) is 2. The van der Waals surface area contributed by atoms with E-state index in [9.17, 15) is 14.7 Å². The molecule has 1 aliphatic rings. The first-order valence-corrected chi connectivity index (χ1v) is 8.02. The van der Waals surface area contributed by atoms with Crippen LogP contribution in [-0.2, 0) is 4.79 Å². The van der Waals surface area contributed by atoms with Crippen molar-refractivity contribution < 1.29 is 19.2 Å². The SMILES string of the molecule is Cc1cc(-n2c(C)cc(C(=O)NC3(C(=O)O)CCCC3)c2C)no1. The summed E-state index contributed by atoms with van der Waals surface area (Å²) in [5, 5.41) is 16.3. The number of carbonyl (C=O) groups excluding carboxylic acids is 1. The van der Waals surface area contributed by atoms with Crippen LogP contribution in [0.5, 0.6) is 0 Å². The van der Waals surface area contributed by atoms with E-state index in [-0.39, 0.29) is 5.91 Å². The molecule has 7 heteroatoms. The first-order valence-electron chi connectivity index (χ1n) is 8.02. The Morgan fingerprint density at radius 3 is 2.46 bits per heavy atom. The Bertz CT molecular complexity index is 797. The van der Waals surface area contributed by atoms with Crippen LogP contribution in [0, 0.1) is 20.8 Å². The van der Waals surface area contributed by atoms with E-state index in [0.29, 0.717) is 35.7 Å². The van der Waals surface area contributed by atoms with Crippen molar-refractivity contribution in [1.82, 2.24) is 15.0 Å². The van der Waals surface area contributed by atoms with Crippen molar-refractivity contribution in [2.24, 2.45) is 0 Å². The van der Waals surface area contributed by atoms with Gasteiger partial charge in [0.1, 0.15) is 11.3 Å². The van der Waals surface area contributed by atoms with E-state index in [4.69, 9.17) is 4.52 Å². The van der Waals surface area contributed by atoms with E-state index in [1.807, 2.05) is 18.4 Å². The van der Waals surface area contributed by atoms with E-state index in [2.05, 4.69) is 10.5 Å². The Hall–Kier alpha value is -2.57. The zero-order valence-corrected chi connectivity index (χ0v) is 14.0. The fourth-order valence-corrected chi connectivity index (χ4v) is 3.46. The van der Waals surface area contributed by atoms with Gasteiger partial charge in [-0.2, -0.15) is 0 Å². The second-order valence-corrected chi connectivity index (χ2v) is 6.46. The van der Waals surface area contributed by atoms with E-state index in [1.165, 1.54) is 0 Å². The molecule has 3 rings (SSSR count). The molecule has 0 spiro atoms. The zero-order chi connectivity index (χ0) is 17.5. The van der Waals surface area contributed by atoms with Gasteiger partial charge in [-0.3, -0.25) is 9.36 Å². The van der Waals surface area contributed by atoms with Crippen molar-refractivity contribution in [2.75, 3.05) is 0 Å². The minimum Gasteiger partial charge on any atom is -0.480 e. The number of aromatic nitrogens is 2. The molecular weight excluding hydrogens is 310 g/mol. The summed E-state index contributed by atoms with van der Waals surface area (Å²) in [5.41, 5.74) is 0.851. The number of carbonyl (C=O) groups is 2. The van der Waals surface area contributed by atoms with Gasteiger partial charge in [0, 0.05) is 17.5 Å². The quantitative estimate of drug-likeness (QED) is 0.897. The van der Waals surface area contributed by atoms with Crippen molar-refractivity contribution in [3.05, 3.63) is 34.8 Å². The summed E-state index contributed by atoms with van der Waals surface area (Å²) in [6.07, 6.45) is 2.55. The minimum absolute atomic E-state index is 0.362. The van der Waals surface area contributed by atoms with Gasteiger partial charge in [0.05, 0.1) is 5.56 Å². The molecule has 1 amide bonds. The number of carboxylic acid groups (broad SMARTS) is 1. The maximum atomic E-state index is 12.7. The first kappa shape index (κ1) is 16.3. The molecule has 1 fully saturated rings. The zero-order valence-electron chi connectivity index (χ0n) is 14.0. The van der Waals surface area contributed by atoms with Crippen LogP contribution < -0.4 is 5.32 Å². The van der Waals surface area contributed by atoms with Crippen LogP contribution in [0.15, 0.2) is 16.7 Å². The van der Waals surface area contributed by atoms with Crippen LogP contribution in [0.3, 0.4) is 0 Å². The number of rotatable bonds is 4. The summed E-state index contributed by atoms with van der Waals surface area (Å²) in [4.78, 5) is 24.3. The molecule has 1 aliphatic carbocycles. The fraction of sp³-hybridized carbons (Fsp3) is 0.471. The molecule has 0 atom stereocenters. The Kier molecular flexibility index (Phi) is 3.95. The molecule has 24 heavy (non-hydrogen) atoms. The Morgan fingerprint density at radius 2 is 1.92 bits per heavy atom. The maximum Gasteiger partial charge on any atom is 0.329 e. The van der Waals surface area contributed by atoms with E-state index < -0.39 is 11.5 Å². The normalized spacial score (nSPS) is 16.3. The lowest BCUT2D eigenvalue weighted by Crippen LogP contribution is -2.52. The topological polar surface area (TPSA) is 97.4 Å². The third kappa shape index (κ3) is 2.60. The highest BCUT2D eigenvalue weighted by Crippen LogP contribution is 2.31. The van der Waals surface area contributed by atoms with E-state index in [1.54, 1.807) is 19.1 Å². The molecule has 0 unspecified atom stereocenters. The van der Waals surface area contributed by atoms with Gasteiger partial charge >= 0.3 is 5.97 Å². The predicted octanol–water partition coefficient (Wildman–Crippen LogP) is 2.52. The number of amides is 1. The summed E-state index contributed by atoms with van der Waals surface area (Å²) in [7, 11) is 0. The van der Waals surface area contributed by atoms with Gasteiger partial charge in [-0.05, 0) is 39.7 Å². The molecule has 2 N–H and O–H groups in total. The number of aliphatic carboxylic acids is 1. The van der Waals surface area contributed by atoms with Gasteiger partial charge in [0.25, 0.3) is 5.91 Å². The van der Waals surface area contributed by atoms with Crippen LogP contribution in [0.4, 0.5) is 0 Å². The molecule has 2 heterocycles. The molecule has 0 aliphatic heterocycles. The third-order valence-electron chi connectivity index (χ3n) is 4.74. The first-order chi connectivity index (χ1) is 11.3. The summed E-state index contributed by atoms with van der Waals surface area (Å²) < 4.78 is 6.93. The molecule has 1 saturated carbocycles. The lowest BCUT2D eigenvalue weighted by atomic mass is 9.97. The standard InChI is InChI=1S/C17H21N3O4/c1-10-8-13(12(3)20(10)14-9-11(2)24-19-14)15(21)18-17(16(22)23)6-4-5-7-17/h8-9H,4-7H2,1-3H3,(H,18,21)(H,22,23). The van der Waals surface area contributed by atoms with Gasteiger partial charge in [0.15, 0.2) is 5.82 Å². The summed E-state index contributed by atoms with van der Waals surface area (Å²) in [5.74, 6) is -0.0391. The average Bonchev–Trinajstić information content (AvgIpc) is 3.20. The number of carboxylic acids is 1. The summed E-state index contributed by atoms with van der Waals surface area (Å²) in [6.45, 7) is 5.49. The van der Waals surface area contributed by atoms with Gasteiger partial charge in [0.2, 0.25) is 0 Å². The van der Waals surface area contributed by atoms with Gasteiger partial charge < -0.3 is 14.9 Å². The Labute approximate surface area is 139 Å². The molecular formula is C17H21N3O4. The van der Waals surface area contributed by atoms with Crippen molar-refractivity contribution >= 4 is 11.9 Å². The number of hydrogen-bond acceptors (Lipinski definition) is 4. The van der Waals surface area contributed by atoms with Gasteiger partial charge in [-0.25, -0.2) is 4.79 Å². The monoisotopic (exact) mass is 331 g/mol. The van der Waals surface area contributed by atoms with Crippen molar-refractivity contribution in [1.29, 1.82) is 0 Å². The van der Waals surface area contributed by atoms with Gasteiger partial charge in [-0.15, -0.1) is 0 Å². The smallest absolute Gasteiger partial charge is 0.329 e. The maximum absolute atomic E-state index is 12.7. The Morgan fingerprint density at radius 1 is 1.25 bits per heavy atom. The molecule has 2 aromatic rings.